The maximum atomic E-state index is 12.9. The molecule has 2 amide bonds. The normalized spacial score (nSPS) is 16.4. The Balaban J connectivity index is 1.64. The van der Waals surface area contributed by atoms with Crippen molar-refractivity contribution in [2.24, 2.45) is 0 Å². The van der Waals surface area contributed by atoms with Crippen LogP contribution in [0.3, 0.4) is 0 Å². The Hall–Kier alpha value is -2.82. The molecular weight excluding hydrogens is 328 g/mol. The lowest BCUT2D eigenvalue weighted by Gasteiger charge is -2.27. The highest BCUT2D eigenvalue weighted by atomic mass is 16.6. The van der Waals surface area contributed by atoms with Crippen LogP contribution in [0, 0.1) is 6.92 Å². The molecule has 0 N–H and O–H groups in total. The van der Waals surface area contributed by atoms with E-state index in [-0.39, 0.29) is 12.5 Å². The summed E-state index contributed by atoms with van der Waals surface area (Å²) in [6.07, 6.45) is 1.04. The quantitative estimate of drug-likeness (QED) is 0.842. The summed E-state index contributed by atoms with van der Waals surface area (Å²) in [4.78, 5) is 28.5. The van der Waals surface area contributed by atoms with Crippen molar-refractivity contribution in [3.05, 3.63) is 65.7 Å². The van der Waals surface area contributed by atoms with Gasteiger partial charge in [-0.3, -0.25) is 9.69 Å². The van der Waals surface area contributed by atoms with Crippen LogP contribution in [0.15, 0.2) is 54.6 Å². The summed E-state index contributed by atoms with van der Waals surface area (Å²) in [7, 11) is 1.75. The highest BCUT2D eigenvalue weighted by Crippen LogP contribution is 2.23. The molecular formula is C21H24N2O3. The van der Waals surface area contributed by atoms with Crippen molar-refractivity contribution in [1.82, 2.24) is 4.90 Å². The molecule has 26 heavy (non-hydrogen) atoms. The lowest BCUT2D eigenvalue weighted by atomic mass is 10.1. The highest BCUT2D eigenvalue weighted by molar-refractivity contribution is 5.98. The lowest BCUT2D eigenvalue weighted by Crippen LogP contribution is -2.46. The molecule has 136 valence electrons. The third-order valence-corrected chi connectivity index (χ3v) is 4.73. The van der Waals surface area contributed by atoms with Crippen LogP contribution in [0.25, 0.3) is 0 Å². The number of likely N-dealkylation sites (tertiary alicyclic amines) is 1. The topological polar surface area (TPSA) is 49.9 Å². The second-order valence-electron chi connectivity index (χ2n) is 6.62. The molecule has 1 saturated heterocycles. The van der Waals surface area contributed by atoms with Gasteiger partial charge in [0, 0.05) is 19.3 Å². The van der Waals surface area contributed by atoms with E-state index in [1.54, 1.807) is 16.8 Å². The molecule has 1 aliphatic rings. The zero-order valence-electron chi connectivity index (χ0n) is 15.2. The fourth-order valence-corrected chi connectivity index (χ4v) is 3.16. The van der Waals surface area contributed by atoms with Crippen LogP contribution in [0.1, 0.15) is 24.0 Å². The number of hydrogen-bond acceptors (Lipinski definition) is 3. The van der Waals surface area contributed by atoms with E-state index >= 15 is 0 Å². The minimum absolute atomic E-state index is 0.0805. The van der Waals surface area contributed by atoms with Gasteiger partial charge in [0.15, 0.2) is 0 Å². The minimum atomic E-state index is -0.468. The molecule has 0 spiro atoms. The Kier molecular flexibility index (Phi) is 5.56. The third-order valence-electron chi connectivity index (χ3n) is 4.73. The number of amides is 2. The van der Waals surface area contributed by atoms with Gasteiger partial charge in [0.2, 0.25) is 5.91 Å². The third kappa shape index (κ3) is 4.04. The molecule has 0 saturated carbocycles. The molecule has 2 aromatic rings. The van der Waals surface area contributed by atoms with Crippen molar-refractivity contribution >= 4 is 17.7 Å². The van der Waals surface area contributed by atoms with Crippen molar-refractivity contribution < 1.29 is 14.3 Å². The smallest absolute Gasteiger partial charge is 0.410 e. The fourth-order valence-electron chi connectivity index (χ4n) is 3.16. The van der Waals surface area contributed by atoms with E-state index < -0.39 is 12.1 Å². The standard InChI is InChI=1S/C21H24N2O3/c1-16-10-12-18(13-11-16)22(2)20(24)19-9-6-14-23(19)21(25)26-15-17-7-4-3-5-8-17/h3-5,7-8,10-13,19H,6,9,14-15H2,1-2H3. The molecule has 0 aromatic heterocycles. The van der Waals surface area contributed by atoms with Gasteiger partial charge in [-0.05, 0) is 37.5 Å². The molecule has 5 heteroatoms. The van der Waals surface area contributed by atoms with Gasteiger partial charge in [0.1, 0.15) is 12.6 Å². The molecule has 0 bridgehead atoms. The van der Waals surface area contributed by atoms with E-state index in [0.29, 0.717) is 13.0 Å². The number of carbonyl (C=O) groups is 2. The number of hydrogen-bond donors (Lipinski definition) is 0. The van der Waals surface area contributed by atoms with Gasteiger partial charge < -0.3 is 9.64 Å². The average molecular weight is 352 g/mol. The summed E-state index contributed by atoms with van der Waals surface area (Å²) in [5, 5.41) is 0. The minimum Gasteiger partial charge on any atom is -0.445 e. The Bertz CT molecular complexity index is 759. The first-order valence-electron chi connectivity index (χ1n) is 8.88. The predicted molar refractivity (Wildman–Crippen MR) is 101 cm³/mol. The number of benzene rings is 2. The van der Waals surface area contributed by atoms with E-state index in [9.17, 15) is 9.59 Å². The van der Waals surface area contributed by atoms with Crippen LogP contribution in [0.2, 0.25) is 0 Å². The molecule has 3 rings (SSSR count). The van der Waals surface area contributed by atoms with Gasteiger partial charge in [-0.1, -0.05) is 48.0 Å². The van der Waals surface area contributed by atoms with Crippen molar-refractivity contribution in [2.75, 3.05) is 18.5 Å². The number of anilines is 1. The van der Waals surface area contributed by atoms with Crippen LogP contribution in [0.5, 0.6) is 0 Å². The van der Waals surface area contributed by atoms with Gasteiger partial charge >= 0.3 is 6.09 Å². The molecule has 5 nitrogen and oxygen atoms in total. The monoisotopic (exact) mass is 352 g/mol. The zero-order valence-corrected chi connectivity index (χ0v) is 15.2. The van der Waals surface area contributed by atoms with Crippen LogP contribution >= 0.6 is 0 Å². The number of likely N-dealkylation sites (N-methyl/N-ethyl adjacent to an activating group) is 1. The van der Waals surface area contributed by atoms with Crippen molar-refractivity contribution in [2.45, 2.75) is 32.4 Å². The van der Waals surface area contributed by atoms with Gasteiger partial charge in [0.05, 0.1) is 0 Å². The lowest BCUT2D eigenvalue weighted by molar-refractivity contribution is -0.122. The van der Waals surface area contributed by atoms with E-state index in [4.69, 9.17) is 4.74 Å². The maximum Gasteiger partial charge on any atom is 0.410 e. The number of aryl methyl sites for hydroxylation is 1. The summed E-state index contributed by atoms with van der Waals surface area (Å²) >= 11 is 0. The number of rotatable bonds is 4. The van der Waals surface area contributed by atoms with Gasteiger partial charge in [-0.25, -0.2) is 4.79 Å². The van der Waals surface area contributed by atoms with Crippen molar-refractivity contribution in [3.63, 3.8) is 0 Å². The number of ether oxygens (including phenoxy) is 1. The van der Waals surface area contributed by atoms with E-state index in [2.05, 4.69) is 0 Å². The molecule has 2 aromatic carbocycles. The van der Waals surface area contributed by atoms with Gasteiger partial charge in [-0.15, -0.1) is 0 Å². The summed E-state index contributed by atoms with van der Waals surface area (Å²) in [6, 6.07) is 16.9. The molecule has 1 atom stereocenters. The first-order valence-corrected chi connectivity index (χ1v) is 8.88. The highest BCUT2D eigenvalue weighted by Gasteiger charge is 2.36. The van der Waals surface area contributed by atoms with E-state index in [1.165, 1.54) is 0 Å². The Morgan fingerprint density at radius 1 is 1.12 bits per heavy atom. The summed E-state index contributed by atoms with van der Waals surface area (Å²) in [5.41, 5.74) is 2.89. The summed E-state index contributed by atoms with van der Waals surface area (Å²) in [5.74, 6) is -0.0805. The van der Waals surface area contributed by atoms with Crippen LogP contribution in [-0.2, 0) is 16.1 Å². The molecule has 1 aliphatic heterocycles. The average Bonchev–Trinajstić information content (AvgIpc) is 3.16. The van der Waals surface area contributed by atoms with Crippen LogP contribution in [-0.4, -0.2) is 36.5 Å². The molecule has 1 unspecified atom stereocenters. The largest absolute Gasteiger partial charge is 0.445 e. The molecule has 1 heterocycles. The first kappa shape index (κ1) is 18.0. The van der Waals surface area contributed by atoms with Crippen LogP contribution in [0.4, 0.5) is 10.5 Å². The van der Waals surface area contributed by atoms with E-state index in [0.717, 1.165) is 23.2 Å². The number of carbonyl (C=O) groups excluding carboxylic acids is 2. The maximum absolute atomic E-state index is 12.9. The molecule has 0 radical (unpaired) electrons. The SMILES string of the molecule is Cc1ccc(N(C)C(=O)C2CCCN2C(=O)OCc2ccccc2)cc1. The number of nitrogens with zero attached hydrogens (tertiary/aromatic N) is 2. The zero-order chi connectivity index (χ0) is 18.5. The Morgan fingerprint density at radius 3 is 2.50 bits per heavy atom. The van der Waals surface area contributed by atoms with Crippen molar-refractivity contribution in [1.29, 1.82) is 0 Å². The predicted octanol–water partition coefficient (Wildman–Crippen LogP) is 3.76. The van der Waals surface area contributed by atoms with E-state index in [1.807, 2.05) is 61.5 Å². The first-order chi connectivity index (χ1) is 12.6. The Morgan fingerprint density at radius 2 is 1.81 bits per heavy atom. The van der Waals surface area contributed by atoms with Gasteiger partial charge in [-0.2, -0.15) is 0 Å². The van der Waals surface area contributed by atoms with Crippen molar-refractivity contribution in [3.8, 4) is 0 Å². The fraction of sp³-hybridized carbons (Fsp3) is 0.333. The van der Waals surface area contributed by atoms with Gasteiger partial charge in [0.25, 0.3) is 0 Å². The second-order valence-corrected chi connectivity index (χ2v) is 6.62. The molecule has 1 fully saturated rings. The summed E-state index contributed by atoms with van der Waals surface area (Å²) < 4.78 is 5.41. The molecule has 0 aliphatic carbocycles. The second kappa shape index (κ2) is 8.04. The Labute approximate surface area is 154 Å². The summed E-state index contributed by atoms with van der Waals surface area (Å²) in [6.45, 7) is 2.77. The van der Waals surface area contributed by atoms with Crippen LogP contribution < -0.4 is 4.90 Å².